The van der Waals surface area contributed by atoms with Gasteiger partial charge in [-0.1, -0.05) is 12.1 Å². The molecule has 0 aliphatic rings. The molecule has 2 aromatic carbocycles. The molecule has 0 aliphatic heterocycles. The number of hydrogen-bond acceptors (Lipinski definition) is 5. The van der Waals surface area contributed by atoms with E-state index in [-0.39, 0.29) is 11.5 Å². The summed E-state index contributed by atoms with van der Waals surface area (Å²) in [6.45, 7) is 0. The summed E-state index contributed by atoms with van der Waals surface area (Å²) in [6, 6.07) is 12.4. The van der Waals surface area contributed by atoms with Crippen LogP contribution in [0.1, 0.15) is 0 Å². The van der Waals surface area contributed by atoms with Crippen LogP contribution in [-0.4, -0.2) is 22.3 Å². The summed E-state index contributed by atoms with van der Waals surface area (Å²) >= 11 is 1.50. The van der Waals surface area contributed by atoms with Gasteiger partial charge in [0.05, 0.1) is 18.4 Å². The molecule has 0 saturated heterocycles. The Labute approximate surface area is 125 Å². The van der Waals surface area contributed by atoms with Crippen molar-refractivity contribution < 1.29 is 14.9 Å². The fourth-order valence-corrected chi connectivity index (χ4v) is 2.89. The molecule has 1 heterocycles. The number of nitrogens with zero attached hydrogens (tertiary/aromatic N) is 1. The number of aromatic hydroxyl groups is 2. The highest BCUT2D eigenvalue weighted by atomic mass is 32.1. The van der Waals surface area contributed by atoms with Crippen LogP contribution in [0.5, 0.6) is 17.2 Å². The van der Waals surface area contributed by atoms with Gasteiger partial charge in [-0.05, 0) is 30.3 Å². The van der Waals surface area contributed by atoms with Crippen molar-refractivity contribution in [2.45, 2.75) is 0 Å². The molecule has 0 bridgehead atoms. The van der Waals surface area contributed by atoms with Crippen molar-refractivity contribution in [3.8, 4) is 39.1 Å². The molecule has 0 unspecified atom stereocenters. The lowest BCUT2D eigenvalue weighted by Gasteiger charge is -2.04. The number of ether oxygens (including phenoxy) is 1. The summed E-state index contributed by atoms with van der Waals surface area (Å²) in [4.78, 5) is 4.58. The number of aromatic nitrogens is 1. The second-order valence-electron chi connectivity index (χ2n) is 4.44. The van der Waals surface area contributed by atoms with Crippen LogP contribution in [0.3, 0.4) is 0 Å². The van der Waals surface area contributed by atoms with Crippen LogP contribution in [0.25, 0.3) is 21.8 Å². The maximum Gasteiger partial charge on any atom is 0.158 e. The quantitative estimate of drug-likeness (QED) is 0.720. The van der Waals surface area contributed by atoms with Gasteiger partial charge in [0.15, 0.2) is 11.5 Å². The van der Waals surface area contributed by atoms with E-state index in [1.165, 1.54) is 23.5 Å². The Bertz CT molecular complexity index is 783. The molecule has 0 atom stereocenters. The van der Waals surface area contributed by atoms with E-state index in [2.05, 4.69) is 4.98 Å². The SMILES string of the molecule is COc1ccccc1-c1nc(-c2ccc(O)c(O)c2)cs1. The summed E-state index contributed by atoms with van der Waals surface area (Å²) in [5, 5.41) is 21.7. The molecule has 0 amide bonds. The minimum absolute atomic E-state index is 0.140. The highest BCUT2D eigenvalue weighted by Crippen LogP contribution is 2.36. The van der Waals surface area contributed by atoms with Gasteiger partial charge < -0.3 is 14.9 Å². The van der Waals surface area contributed by atoms with Crippen LogP contribution in [-0.2, 0) is 0 Å². The second kappa shape index (κ2) is 5.46. The molecule has 0 aliphatic carbocycles. The topological polar surface area (TPSA) is 62.6 Å². The van der Waals surface area contributed by atoms with Gasteiger partial charge in [0.1, 0.15) is 10.8 Å². The van der Waals surface area contributed by atoms with Gasteiger partial charge in [-0.2, -0.15) is 0 Å². The third-order valence-corrected chi connectivity index (χ3v) is 3.99. The molecule has 2 N–H and O–H groups in total. The molecule has 0 fully saturated rings. The van der Waals surface area contributed by atoms with Crippen molar-refractivity contribution in [2.75, 3.05) is 7.11 Å². The minimum Gasteiger partial charge on any atom is -0.504 e. The number of thiazole rings is 1. The Morgan fingerprint density at radius 2 is 1.86 bits per heavy atom. The molecule has 3 aromatic rings. The van der Waals surface area contributed by atoms with E-state index in [0.29, 0.717) is 0 Å². The average molecular weight is 299 g/mol. The van der Waals surface area contributed by atoms with Crippen molar-refractivity contribution in [1.82, 2.24) is 4.98 Å². The predicted molar refractivity (Wildman–Crippen MR) is 82.9 cm³/mol. The predicted octanol–water partition coefficient (Wildman–Crippen LogP) is 3.90. The Kier molecular flexibility index (Phi) is 3.50. The summed E-state index contributed by atoms with van der Waals surface area (Å²) in [5.74, 6) is 0.477. The summed E-state index contributed by atoms with van der Waals surface area (Å²) in [5.41, 5.74) is 2.43. The first-order valence-corrected chi connectivity index (χ1v) is 7.18. The van der Waals surface area contributed by atoms with Crippen molar-refractivity contribution in [3.05, 3.63) is 47.8 Å². The number of phenols is 2. The van der Waals surface area contributed by atoms with E-state index in [0.717, 1.165) is 27.6 Å². The van der Waals surface area contributed by atoms with Gasteiger partial charge >= 0.3 is 0 Å². The number of benzene rings is 2. The van der Waals surface area contributed by atoms with Crippen LogP contribution in [0.2, 0.25) is 0 Å². The first-order chi connectivity index (χ1) is 10.2. The third kappa shape index (κ3) is 2.55. The molecule has 4 nitrogen and oxygen atoms in total. The maximum absolute atomic E-state index is 9.57. The zero-order valence-electron chi connectivity index (χ0n) is 11.3. The minimum atomic E-state index is -0.153. The molecule has 0 saturated carbocycles. The van der Waals surface area contributed by atoms with Crippen molar-refractivity contribution in [2.24, 2.45) is 0 Å². The van der Waals surface area contributed by atoms with Gasteiger partial charge in [0.25, 0.3) is 0 Å². The molecule has 1 aromatic heterocycles. The second-order valence-corrected chi connectivity index (χ2v) is 5.30. The molecular formula is C16H13NO3S. The van der Waals surface area contributed by atoms with Crippen LogP contribution < -0.4 is 4.74 Å². The number of para-hydroxylation sites is 1. The van der Waals surface area contributed by atoms with Crippen LogP contribution in [0, 0.1) is 0 Å². The number of hydrogen-bond donors (Lipinski definition) is 2. The van der Waals surface area contributed by atoms with Gasteiger partial charge in [-0.25, -0.2) is 4.98 Å². The Morgan fingerprint density at radius 1 is 1.05 bits per heavy atom. The number of methoxy groups -OCH3 is 1. The number of rotatable bonds is 3. The monoisotopic (exact) mass is 299 g/mol. The fourth-order valence-electron chi connectivity index (χ4n) is 2.03. The molecular weight excluding hydrogens is 286 g/mol. The molecule has 5 heteroatoms. The Hall–Kier alpha value is -2.53. The molecule has 21 heavy (non-hydrogen) atoms. The lowest BCUT2D eigenvalue weighted by molar-refractivity contribution is 0.404. The van der Waals surface area contributed by atoms with E-state index >= 15 is 0 Å². The van der Waals surface area contributed by atoms with Crippen molar-refractivity contribution in [3.63, 3.8) is 0 Å². The molecule has 0 radical (unpaired) electrons. The van der Waals surface area contributed by atoms with E-state index in [1.54, 1.807) is 13.2 Å². The van der Waals surface area contributed by atoms with Crippen molar-refractivity contribution >= 4 is 11.3 Å². The van der Waals surface area contributed by atoms with Crippen LogP contribution in [0.4, 0.5) is 0 Å². The van der Waals surface area contributed by atoms with Gasteiger partial charge in [0, 0.05) is 10.9 Å². The Balaban J connectivity index is 2.01. The summed E-state index contributed by atoms with van der Waals surface area (Å²) in [7, 11) is 1.63. The molecule has 3 rings (SSSR count). The largest absolute Gasteiger partial charge is 0.504 e. The smallest absolute Gasteiger partial charge is 0.158 e. The summed E-state index contributed by atoms with van der Waals surface area (Å²) < 4.78 is 5.34. The zero-order chi connectivity index (χ0) is 14.8. The van der Waals surface area contributed by atoms with Gasteiger partial charge in [0.2, 0.25) is 0 Å². The van der Waals surface area contributed by atoms with Crippen LogP contribution >= 0.6 is 11.3 Å². The lowest BCUT2D eigenvalue weighted by atomic mass is 10.1. The zero-order valence-corrected chi connectivity index (χ0v) is 12.1. The summed E-state index contributed by atoms with van der Waals surface area (Å²) in [6.07, 6.45) is 0. The highest BCUT2D eigenvalue weighted by Gasteiger charge is 2.11. The third-order valence-electron chi connectivity index (χ3n) is 3.11. The lowest BCUT2D eigenvalue weighted by Crippen LogP contribution is -1.87. The fraction of sp³-hybridized carbons (Fsp3) is 0.0625. The van der Waals surface area contributed by atoms with Crippen LogP contribution in [0.15, 0.2) is 47.8 Å². The molecule has 106 valence electrons. The standard InChI is InChI=1S/C16H13NO3S/c1-20-15-5-3-2-4-11(15)16-17-12(9-21-16)10-6-7-13(18)14(19)8-10/h2-9,18-19H,1H3. The van der Waals surface area contributed by atoms with Crippen molar-refractivity contribution in [1.29, 1.82) is 0 Å². The van der Waals surface area contributed by atoms with E-state index in [9.17, 15) is 10.2 Å². The molecule has 0 spiro atoms. The first-order valence-electron chi connectivity index (χ1n) is 6.30. The van der Waals surface area contributed by atoms with E-state index in [1.807, 2.05) is 29.6 Å². The van der Waals surface area contributed by atoms with Gasteiger partial charge in [-0.15, -0.1) is 11.3 Å². The normalized spacial score (nSPS) is 10.5. The Morgan fingerprint density at radius 3 is 2.62 bits per heavy atom. The average Bonchev–Trinajstić information content (AvgIpc) is 2.99. The van der Waals surface area contributed by atoms with E-state index in [4.69, 9.17) is 4.74 Å². The number of phenolic OH excluding ortho intramolecular Hbond substituents is 2. The highest BCUT2D eigenvalue weighted by molar-refractivity contribution is 7.13. The van der Waals surface area contributed by atoms with E-state index < -0.39 is 0 Å². The maximum atomic E-state index is 9.57. The first kappa shape index (κ1) is 13.5. The van der Waals surface area contributed by atoms with Gasteiger partial charge in [-0.3, -0.25) is 0 Å².